The van der Waals surface area contributed by atoms with Gasteiger partial charge in [-0.2, -0.15) is 0 Å². The Balaban J connectivity index is 1.67. The SMILES string of the molecule is Cn1ccnc1SCc1cc(=O)c(OC(=O)c2ccc(Br)o2)co1. The zero-order valence-electron chi connectivity index (χ0n) is 12.4. The highest BCUT2D eigenvalue weighted by molar-refractivity contribution is 9.10. The first-order valence-corrected chi connectivity index (χ1v) is 8.50. The fourth-order valence-electron chi connectivity index (χ4n) is 1.79. The molecule has 0 amide bonds. The number of thioether (sulfide) groups is 1. The summed E-state index contributed by atoms with van der Waals surface area (Å²) < 4.78 is 17.7. The molecule has 0 aromatic carbocycles. The number of aromatic nitrogens is 2. The molecule has 0 aliphatic rings. The summed E-state index contributed by atoms with van der Waals surface area (Å²) in [5.41, 5.74) is -0.448. The van der Waals surface area contributed by atoms with E-state index in [0.717, 1.165) is 11.4 Å². The van der Waals surface area contributed by atoms with Crippen LogP contribution in [0.5, 0.6) is 5.75 Å². The molecule has 3 aromatic heterocycles. The van der Waals surface area contributed by atoms with Crippen LogP contribution in [0.1, 0.15) is 16.3 Å². The molecule has 0 aliphatic heterocycles. The van der Waals surface area contributed by atoms with Crippen LogP contribution >= 0.6 is 27.7 Å². The molecule has 0 spiro atoms. The fraction of sp³-hybridized carbons (Fsp3) is 0.133. The Bertz CT molecular complexity index is 930. The number of rotatable bonds is 5. The first kappa shape index (κ1) is 16.6. The third-order valence-electron chi connectivity index (χ3n) is 2.95. The number of esters is 1. The number of furan rings is 1. The number of nitrogens with zero attached hydrogens (tertiary/aromatic N) is 2. The van der Waals surface area contributed by atoms with Gasteiger partial charge in [-0.25, -0.2) is 9.78 Å². The molecule has 0 radical (unpaired) electrons. The maximum Gasteiger partial charge on any atom is 0.379 e. The van der Waals surface area contributed by atoms with E-state index in [1.807, 2.05) is 17.8 Å². The predicted octanol–water partition coefficient (Wildman–Crippen LogP) is 3.24. The van der Waals surface area contributed by atoms with Crippen molar-refractivity contribution < 1.29 is 18.4 Å². The summed E-state index contributed by atoms with van der Waals surface area (Å²) in [6, 6.07) is 4.28. The lowest BCUT2D eigenvalue weighted by Crippen LogP contribution is -2.14. The quantitative estimate of drug-likeness (QED) is 0.471. The minimum Gasteiger partial charge on any atom is -0.464 e. The number of halogens is 1. The van der Waals surface area contributed by atoms with Crippen LogP contribution in [0.15, 0.2) is 60.3 Å². The fourth-order valence-corrected chi connectivity index (χ4v) is 2.92. The highest BCUT2D eigenvalue weighted by atomic mass is 79.9. The topological polar surface area (TPSA) is 87.5 Å². The van der Waals surface area contributed by atoms with Gasteiger partial charge in [-0.05, 0) is 28.1 Å². The van der Waals surface area contributed by atoms with Crippen LogP contribution in [0.4, 0.5) is 0 Å². The van der Waals surface area contributed by atoms with Gasteiger partial charge >= 0.3 is 5.97 Å². The zero-order valence-corrected chi connectivity index (χ0v) is 14.8. The maximum absolute atomic E-state index is 12.0. The summed E-state index contributed by atoms with van der Waals surface area (Å²) in [6.07, 6.45) is 4.63. The van der Waals surface area contributed by atoms with Crippen molar-refractivity contribution in [1.82, 2.24) is 9.55 Å². The van der Waals surface area contributed by atoms with Gasteiger partial charge in [-0.1, -0.05) is 11.8 Å². The maximum atomic E-state index is 12.0. The number of aryl methyl sites for hydroxylation is 1. The average Bonchev–Trinajstić information content (AvgIpc) is 3.16. The van der Waals surface area contributed by atoms with Gasteiger partial charge in [0.05, 0.1) is 5.75 Å². The Hall–Kier alpha value is -2.26. The minimum absolute atomic E-state index is 0.0179. The van der Waals surface area contributed by atoms with Crippen LogP contribution < -0.4 is 10.2 Å². The highest BCUT2D eigenvalue weighted by Gasteiger charge is 2.16. The van der Waals surface area contributed by atoms with Crippen molar-refractivity contribution in [3.63, 3.8) is 0 Å². The Kier molecular flexibility index (Phi) is 4.91. The molecule has 3 aromatic rings. The van der Waals surface area contributed by atoms with Crippen molar-refractivity contribution >= 4 is 33.7 Å². The summed E-state index contributed by atoms with van der Waals surface area (Å²) >= 11 is 4.51. The summed E-state index contributed by atoms with van der Waals surface area (Å²) in [5.74, 6) is -0.106. The van der Waals surface area contributed by atoms with Crippen LogP contribution in [0, 0.1) is 0 Å². The second-order valence-corrected chi connectivity index (χ2v) is 6.40. The van der Waals surface area contributed by atoms with E-state index in [9.17, 15) is 9.59 Å². The number of ether oxygens (including phenoxy) is 1. The third-order valence-corrected chi connectivity index (χ3v) is 4.46. The number of carbonyl (C=O) groups is 1. The number of imidazole rings is 1. The van der Waals surface area contributed by atoms with Gasteiger partial charge in [-0.15, -0.1) is 0 Å². The molecule has 0 N–H and O–H groups in total. The van der Waals surface area contributed by atoms with Crippen LogP contribution in [-0.4, -0.2) is 15.5 Å². The van der Waals surface area contributed by atoms with Crippen molar-refractivity contribution in [3.05, 3.63) is 63.3 Å². The van der Waals surface area contributed by atoms with E-state index in [1.54, 1.807) is 12.3 Å². The van der Waals surface area contributed by atoms with Gasteiger partial charge < -0.3 is 18.1 Å². The Morgan fingerprint density at radius 1 is 1.46 bits per heavy atom. The summed E-state index contributed by atoms with van der Waals surface area (Å²) in [5, 5.41) is 0.802. The molecule has 0 bridgehead atoms. The normalized spacial score (nSPS) is 10.8. The molecule has 0 aliphatic carbocycles. The van der Waals surface area contributed by atoms with Gasteiger partial charge in [0.2, 0.25) is 16.9 Å². The Morgan fingerprint density at radius 2 is 2.29 bits per heavy atom. The van der Waals surface area contributed by atoms with E-state index in [0.29, 0.717) is 16.2 Å². The second kappa shape index (κ2) is 7.10. The molecule has 124 valence electrons. The number of hydrogen-bond acceptors (Lipinski definition) is 7. The Morgan fingerprint density at radius 3 is 2.92 bits per heavy atom. The minimum atomic E-state index is -0.775. The third kappa shape index (κ3) is 3.80. The molecule has 0 atom stereocenters. The lowest BCUT2D eigenvalue weighted by atomic mass is 10.4. The molecule has 3 rings (SSSR count). The van der Waals surface area contributed by atoms with E-state index in [1.165, 1.54) is 23.9 Å². The summed E-state index contributed by atoms with van der Waals surface area (Å²) in [4.78, 5) is 28.1. The van der Waals surface area contributed by atoms with Crippen LogP contribution in [0.2, 0.25) is 0 Å². The van der Waals surface area contributed by atoms with Gasteiger partial charge in [0.25, 0.3) is 0 Å². The van der Waals surface area contributed by atoms with Crippen molar-refractivity contribution in [3.8, 4) is 5.75 Å². The first-order valence-electron chi connectivity index (χ1n) is 6.72. The van der Waals surface area contributed by atoms with Crippen LogP contribution in [0.25, 0.3) is 0 Å². The Labute approximate surface area is 148 Å². The molecule has 0 unspecified atom stereocenters. The molecule has 3 heterocycles. The van der Waals surface area contributed by atoms with Crippen molar-refractivity contribution in [2.24, 2.45) is 7.05 Å². The molecular weight excluding hydrogens is 400 g/mol. The molecule has 7 nitrogen and oxygen atoms in total. The number of hydrogen-bond donors (Lipinski definition) is 0. The largest absolute Gasteiger partial charge is 0.464 e. The van der Waals surface area contributed by atoms with Crippen molar-refractivity contribution in [1.29, 1.82) is 0 Å². The molecule has 0 saturated heterocycles. The number of carbonyl (C=O) groups excluding carboxylic acids is 1. The predicted molar refractivity (Wildman–Crippen MR) is 89.1 cm³/mol. The highest BCUT2D eigenvalue weighted by Crippen LogP contribution is 2.21. The van der Waals surface area contributed by atoms with Crippen molar-refractivity contribution in [2.45, 2.75) is 10.9 Å². The van der Waals surface area contributed by atoms with E-state index >= 15 is 0 Å². The zero-order chi connectivity index (χ0) is 17.1. The monoisotopic (exact) mass is 410 g/mol. The van der Waals surface area contributed by atoms with E-state index < -0.39 is 11.4 Å². The lowest BCUT2D eigenvalue weighted by Gasteiger charge is -2.03. The molecule has 9 heteroatoms. The van der Waals surface area contributed by atoms with Gasteiger partial charge in [0, 0.05) is 25.5 Å². The van der Waals surface area contributed by atoms with E-state index in [-0.39, 0.29) is 11.5 Å². The van der Waals surface area contributed by atoms with Gasteiger partial charge in [-0.3, -0.25) is 4.79 Å². The van der Waals surface area contributed by atoms with Gasteiger partial charge in [0.15, 0.2) is 9.83 Å². The second-order valence-electron chi connectivity index (χ2n) is 4.68. The average molecular weight is 411 g/mol. The van der Waals surface area contributed by atoms with Crippen molar-refractivity contribution in [2.75, 3.05) is 0 Å². The van der Waals surface area contributed by atoms with Gasteiger partial charge in [0.1, 0.15) is 12.0 Å². The summed E-state index contributed by atoms with van der Waals surface area (Å²) in [6.45, 7) is 0. The smallest absolute Gasteiger partial charge is 0.379 e. The molecule has 0 saturated carbocycles. The van der Waals surface area contributed by atoms with Crippen LogP contribution in [-0.2, 0) is 12.8 Å². The summed E-state index contributed by atoms with van der Waals surface area (Å²) in [7, 11) is 1.88. The standard InChI is InChI=1S/C15H11BrN2O5S/c1-18-5-4-17-15(18)24-8-9-6-10(19)12(7-21-9)23-14(20)11-2-3-13(16)22-11/h2-7H,8H2,1H3. The van der Waals surface area contributed by atoms with E-state index in [2.05, 4.69) is 20.9 Å². The first-order chi connectivity index (χ1) is 11.5. The lowest BCUT2D eigenvalue weighted by molar-refractivity contribution is 0.0694. The molecular formula is C15H11BrN2O5S. The van der Waals surface area contributed by atoms with E-state index in [4.69, 9.17) is 13.6 Å². The molecule has 0 fully saturated rings. The van der Waals surface area contributed by atoms with Crippen LogP contribution in [0.3, 0.4) is 0 Å². The molecule has 24 heavy (non-hydrogen) atoms.